The normalized spacial score (nSPS) is 13.5. The molecule has 1 atom stereocenters. The van der Waals surface area contributed by atoms with Gasteiger partial charge in [-0.25, -0.2) is 16.8 Å². The number of nitro benzene ring substituents is 1. The lowest BCUT2D eigenvalue weighted by atomic mass is 10.1. The van der Waals surface area contributed by atoms with Crippen LogP contribution in [-0.2, 0) is 19.9 Å². The van der Waals surface area contributed by atoms with Crippen LogP contribution in [0.5, 0.6) is 0 Å². The summed E-state index contributed by atoms with van der Waals surface area (Å²) in [4.78, 5) is 10.5. The van der Waals surface area contributed by atoms with Gasteiger partial charge in [-0.15, -0.1) is 0 Å². The van der Waals surface area contributed by atoms with Gasteiger partial charge in [-0.3, -0.25) is 10.1 Å². The molecule has 0 unspecified atom stereocenters. The zero-order chi connectivity index (χ0) is 21.4. The maximum atomic E-state index is 13.1. The van der Waals surface area contributed by atoms with Gasteiger partial charge in [-0.2, -0.15) is 4.31 Å². The van der Waals surface area contributed by atoms with Gasteiger partial charge in [0.1, 0.15) is 0 Å². The van der Waals surface area contributed by atoms with Crippen molar-refractivity contribution in [2.75, 3.05) is 13.3 Å². The molecule has 0 aliphatic rings. The average molecular weight is 427 g/mol. The second-order valence-corrected chi connectivity index (χ2v) is 10.7. The maximum Gasteiger partial charge on any atom is 0.271 e. The molecule has 10 heteroatoms. The fraction of sp³-hybridized carbons (Fsp3) is 0.333. The molecule has 2 aromatic rings. The average Bonchev–Trinajstić information content (AvgIpc) is 2.61. The number of sulfonamides is 1. The van der Waals surface area contributed by atoms with Crippen LogP contribution in [0.3, 0.4) is 0 Å². The first-order chi connectivity index (χ1) is 12.8. The minimum Gasteiger partial charge on any atom is -0.258 e. The predicted molar refractivity (Wildman–Crippen MR) is 105 cm³/mol. The summed E-state index contributed by atoms with van der Waals surface area (Å²) in [6, 6.07) is 7.74. The summed E-state index contributed by atoms with van der Waals surface area (Å²) >= 11 is 0. The van der Waals surface area contributed by atoms with Crippen LogP contribution in [0.15, 0.2) is 46.2 Å². The van der Waals surface area contributed by atoms with E-state index in [4.69, 9.17) is 0 Å². The molecule has 0 amide bonds. The molecule has 0 heterocycles. The Bertz CT molecular complexity index is 1120. The van der Waals surface area contributed by atoms with Crippen molar-refractivity contribution >= 4 is 25.5 Å². The zero-order valence-corrected chi connectivity index (χ0v) is 17.8. The van der Waals surface area contributed by atoms with Gasteiger partial charge < -0.3 is 0 Å². The lowest BCUT2D eigenvalue weighted by Gasteiger charge is -2.26. The van der Waals surface area contributed by atoms with E-state index < -0.39 is 30.8 Å². The standard InChI is InChI=1S/C18H22N2O6S2/c1-12-10-16(20(21)22)11-18(13(12)2)28(25,26)19(4)14(3)15-6-8-17(9-7-15)27(5,23)24/h6-11,14H,1-5H3/t14-/m1/s1. The highest BCUT2D eigenvalue weighted by Gasteiger charge is 2.30. The number of nitrogens with zero attached hydrogens (tertiary/aromatic N) is 2. The highest BCUT2D eigenvalue weighted by Crippen LogP contribution is 2.31. The van der Waals surface area contributed by atoms with Gasteiger partial charge in [-0.1, -0.05) is 12.1 Å². The van der Waals surface area contributed by atoms with Crippen LogP contribution in [0.25, 0.3) is 0 Å². The predicted octanol–water partition coefficient (Wildman–Crippen LogP) is 3.00. The minimum absolute atomic E-state index is 0.124. The van der Waals surface area contributed by atoms with Crippen molar-refractivity contribution in [3.05, 3.63) is 63.2 Å². The van der Waals surface area contributed by atoms with E-state index in [0.29, 0.717) is 16.7 Å². The molecule has 0 spiro atoms. The second kappa shape index (κ2) is 7.61. The molecule has 0 aromatic heterocycles. The maximum absolute atomic E-state index is 13.1. The number of non-ortho nitro benzene ring substituents is 1. The number of benzene rings is 2. The molecular weight excluding hydrogens is 404 g/mol. The minimum atomic E-state index is -4.02. The van der Waals surface area contributed by atoms with E-state index in [-0.39, 0.29) is 15.5 Å². The number of rotatable bonds is 6. The second-order valence-electron chi connectivity index (χ2n) is 6.68. The molecule has 0 saturated heterocycles. The summed E-state index contributed by atoms with van der Waals surface area (Å²) in [5, 5.41) is 11.1. The number of sulfone groups is 1. The van der Waals surface area contributed by atoms with Crippen molar-refractivity contribution in [2.24, 2.45) is 0 Å². The summed E-state index contributed by atoms with van der Waals surface area (Å²) < 4.78 is 50.6. The smallest absolute Gasteiger partial charge is 0.258 e. The monoisotopic (exact) mass is 426 g/mol. The third kappa shape index (κ3) is 4.23. The third-order valence-electron chi connectivity index (χ3n) is 4.81. The van der Waals surface area contributed by atoms with Crippen LogP contribution in [0.4, 0.5) is 5.69 Å². The molecule has 0 N–H and O–H groups in total. The molecule has 0 saturated carbocycles. The van der Waals surface area contributed by atoms with Crippen molar-refractivity contribution in [3.63, 3.8) is 0 Å². The molecule has 2 aromatic carbocycles. The number of hydrogen-bond acceptors (Lipinski definition) is 6. The van der Waals surface area contributed by atoms with Gasteiger partial charge in [0, 0.05) is 31.5 Å². The van der Waals surface area contributed by atoms with Crippen LogP contribution in [0, 0.1) is 24.0 Å². The van der Waals surface area contributed by atoms with E-state index in [9.17, 15) is 26.9 Å². The zero-order valence-electron chi connectivity index (χ0n) is 16.2. The number of hydrogen-bond donors (Lipinski definition) is 0. The van der Waals surface area contributed by atoms with Gasteiger partial charge in [0.2, 0.25) is 10.0 Å². The first-order valence-corrected chi connectivity index (χ1v) is 11.6. The van der Waals surface area contributed by atoms with Gasteiger partial charge >= 0.3 is 0 Å². The Labute approximate surface area is 164 Å². The SMILES string of the molecule is Cc1cc([N+](=O)[O-])cc(S(=O)(=O)N(C)[C@H](C)c2ccc(S(C)(=O)=O)cc2)c1C. The summed E-state index contributed by atoms with van der Waals surface area (Å²) in [5.41, 5.74) is 1.25. The molecular formula is C18H22N2O6S2. The molecule has 0 fully saturated rings. The quantitative estimate of drug-likeness (QED) is 0.518. The highest BCUT2D eigenvalue weighted by atomic mass is 32.2. The van der Waals surface area contributed by atoms with Crippen LogP contribution in [0.1, 0.15) is 29.7 Å². The number of nitro groups is 1. The van der Waals surface area contributed by atoms with Crippen molar-refractivity contribution in [3.8, 4) is 0 Å². The van der Waals surface area contributed by atoms with Crippen LogP contribution in [-0.4, -0.2) is 39.4 Å². The summed E-state index contributed by atoms with van der Waals surface area (Å²) in [6.07, 6.45) is 1.09. The van der Waals surface area contributed by atoms with E-state index in [1.165, 1.54) is 25.2 Å². The van der Waals surface area contributed by atoms with Crippen molar-refractivity contribution in [1.29, 1.82) is 0 Å². The Morgan fingerprint density at radius 1 is 1.04 bits per heavy atom. The lowest BCUT2D eigenvalue weighted by molar-refractivity contribution is -0.385. The van der Waals surface area contributed by atoms with E-state index in [2.05, 4.69) is 0 Å². The molecule has 152 valence electrons. The Morgan fingerprint density at radius 2 is 1.57 bits per heavy atom. The van der Waals surface area contributed by atoms with E-state index in [1.807, 2.05) is 0 Å². The van der Waals surface area contributed by atoms with Crippen LogP contribution >= 0.6 is 0 Å². The summed E-state index contributed by atoms with van der Waals surface area (Å²) in [6.45, 7) is 4.88. The summed E-state index contributed by atoms with van der Waals surface area (Å²) in [7, 11) is -5.99. The third-order valence-corrected chi connectivity index (χ3v) is 7.99. The van der Waals surface area contributed by atoms with Crippen molar-refractivity contribution < 1.29 is 21.8 Å². The largest absolute Gasteiger partial charge is 0.271 e. The van der Waals surface area contributed by atoms with Gasteiger partial charge in [0.05, 0.1) is 14.7 Å². The molecule has 0 radical (unpaired) electrons. The Morgan fingerprint density at radius 3 is 2.04 bits per heavy atom. The fourth-order valence-corrected chi connectivity index (χ4v) is 5.05. The Balaban J connectivity index is 2.47. The Hall–Kier alpha value is -2.30. The number of aryl methyl sites for hydroxylation is 1. The van der Waals surface area contributed by atoms with Gasteiger partial charge in [0.15, 0.2) is 9.84 Å². The highest BCUT2D eigenvalue weighted by molar-refractivity contribution is 7.90. The fourth-order valence-electron chi connectivity index (χ4n) is 2.75. The van der Waals surface area contributed by atoms with Crippen LogP contribution in [0.2, 0.25) is 0 Å². The van der Waals surface area contributed by atoms with Gasteiger partial charge in [0.25, 0.3) is 5.69 Å². The van der Waals surface area contributed by atoms with E-state index in [1.54, 1.807) is 32.9 Å². The molecule has 2 rings (SSSR count). The topological polar surface area (TPSA) is 115 Å². The molecule has 0 aliphatic heterocycles. The molecule has 0 bridgehead atoms. The van der Waals surface area contributed by atoms with Crippen LogP contribution < -0.4 is 0 Å². The van der Waals surface area contributed by atoms with Crippen molar-refractivity contribution in [2.45, 2.75) is 36.6 Å². The van der Waals surface area contributed by atoms with E-state index >= 15 is 0 Å². The lowest BCUT2D eigenvalue weighted by Crippen LogP contribution is -2.30. The van der Waals surface area contributed by atoms with Gasteiger partial charge in [-0.05, 0) is 49.6 Å². The summed E-state index contributed by atoms with van der Waals surface area (Å²) in [5.74, 6) is 0. The molecule has 0 aliphatic carbocycles. The Kier molecular flexibility index (Phi) is 5.98. The van der Waals surface area contributed by atoms with E-state index in [0.717, 1.165) is 16.6 Å². The first-order valence-electron chi connectivity index (χ1n) is 8.30. The first kappa shape index (κ1) is 22.0. The van der Waals surface area contributed by atoms with Crippen molar-refractivity contribution in [1.82, 2.24) is 4.31 Å². The molecule has 8 nitrogen and oxygen atoms in total. The molecule has 28 heavy (non-hydrogen) atoms.